The molecule has 5 nitrogen and oxygen atoms in total. The zero-order chi connectivity index (χ0) is 23.7. The lowest BCUT2D eigenvalue weighted by Crippen LogP contribution is -2.48. The van der Waals surface area contributed by atoms with E-state index in [-0.39, 0.29) is 24.8 Å². The van der Waals surface area contributed by atoms with Crippen LogP contribution in [-0.2, 0) is 16.1 Å². The van der Waals surface area contributed by atoms with Gasteiger partial charge in [-0.1, -0.05) is 54.7 Å². The van der Waals surface area contributed by atoms with Crippen LogP contribution in [0, 0.1) is 5.92 Å². The van der Waals surface area contributed by atoms with Gasteiger partial charge in [0, 0.05) is 34.6 Å². The number of carbonyl (C=O) groups excluding carboxylic acids is 2. The summed E-state index contributed by atoms with van der Waals surface area (Å²) in [5.41, 5.74) is 0.727. The fourth-order valence-corrected chi connectivity index (χ4v) is 3.55. The van der Waals surface area contributed by atoms with Gasteiger partial charge in [-0.2, -0.15) is 0 Å². The lowest BCUT2D eigenvalue weighted by atomic mass is 10.1. The van der Waals surface area contributed by atoms with Crippen LogP contribution in [0.15, 0.2) is 42.5 Å². The minimum Gasteiger partial charge on any atom is -0.494 e. The summed E-state index contributed by atoms with van der Waals surface area (Å²) in [6.07, 6.45) is 0.743. The third-order valence-electron chi connectivity index (χ3n) is 4.82. The molecule has 0 fully saturated rings. The first-order chi connectivity index (χ1) is 15.2. The van der Waals surface area contributed by atoms with Gasteiger partial charge in [-0.05, 0) is 61.2 Å². The smallest absolute Gasteiger partial charge is 0.242 e. The van der Waals surface area contributed by atoms with Crippen LogP contribution in [0.5, 0.6) is 5.75 Å². The van der Waals surface area contributed by atoms with E-state index in [1.54, 1.807) is 54.3 Å². The molecule has 1 unspecified atom stereocenters. The van der Waals surface area contributed by atoms with Gasteiger partial charge in [0.2, 0.25) is 11.8 Å². The summed E-state index contributed by atoms with van der Waals surface area (Å²) in [5, 5.41) is 4.50. The van der Waals surface area contributed by atoms with Crippen LogP contribution >= 0.6 is 34.8 Å². The molecule has 2 amide bonds. The number of nitrogens with zero attached hydrogens (tertiary/aromatic N) is 1. The van der Waals surface area contributed by atoms with Crippen molar-refractivity contribution in [1.29, 1.82) is 0 Å². The molecule has 0 heterocycles. The average Bonchev–Trinajstić information content (AvgIpc) is 2.75. The van der Waals surface area contributed by atoms with E-state index in [2.05, 4.69) is 5.32 Å². The highest BCUT2D eigenvalue weighted by Crippen LogP contribution is 2.24. The van der Waals surface area contributed by atoms with Crippen molar-refractivity contribution >= 4 is 46.6 Å². The summed E-state index contributed by atoms with van der Waals surface area (Å²) in [6.45, 7) is 6.88. The van der Waals surface area contributed by atoms with Gasteiger partial charge in [-0.3, -0.25) is 9.59 Å². The van der Waals surface area contributed by atoms with Gasteiger partial charge in [-0.15, -0.1) is 0 Å². The Bertz CT molecular complexity index is 904. The van der Waals surface area contributed by atoms with Crippen molar-refractivity contribution in [3.05, 3.63) is 63.1 Å². The molecule has 8 heteroatoms. The van der Waals surface area contributed by atoms with Crippen molar-refractivity contribution in [3.8, 4) is 5.75 Å². The monoisotopic (exact) mass is 498 g/mol. The molecule has 1 N–H and O–H groups in total. The topological polar surface area (TPSA) is 58.6 Å². The zero-order valence-corrected chi connectivity index (χ0v) is 20.8. The second-order valence-corrected chi connectivity index (χ2v) is 9.26. The van der Waals surface area contributed by atoms with E-state index in [1.807, 2.05) is 13.8 Å². The van der Waals surface area contributed by atoms with Crippen molar-refractivity contribution < 1.29 is 14.3 Å². The van der Waals surface area contributed by atoms with Crippen LogP contribution in [0.2, 0.25) is 15.1 Å². The maximum absolute atomic E-state index is 13.1. The van der Waals surface area contributed by atoms with Gasteiger partial charge in [-0.25, -0.2) is 0 Å². The van der Waals surface area contributed by atoms with Crippen LogP contribution in [0.3, 0.4) is 0 Å². The molecular weight excluding hydrogens is 471 g/mol. The number of hydrogen-bond acceptors (Lipinski definition) is 3. The highest BCUT2D eigenvalue weighted by molar-refractivity contribution is 6.35. The SMILES string of the molecule is CC(C)CNC(=O)C(C)N(Cc1ccc(Cl)cc1Cl)C(=O)CCCOc1ccc(Cl)cc1. The Morgan fingerprint density at radius 3 is 2.28 bits per heavy atom. The van der Waals surface area contributed by atoms with Crippen LogP contribution in [-0.4, -0.2) is 35.9 Å². The minimum absolute atomic E-state index is 0.150. The molecule has 1 atom stereocenters. The third-order valence-corrected chi connectivity index (χ3v) is 5.66. The second-order valence-electron chi connectivity index (χ2n) is 7.98. The Morgan fingerprint density at radius 2 is 1.66 bits per heavy atom. The normalized spacial score (nSPS) is 11.8. The summed E-state index contributed by atoms with van der Waals surface area (Å²) in [5.74, 6) is 0.650. The summed E-state index contributed by atoms with van der Waals surface area (Å²) in [7, 11) is 0. The van der Waals surface area contributed by atoms with Crippen LogP contribution in [0.1, 0.15) is 39.2 Å². The Hall–Kier alpha value is -1.95. The van der Waals surface area contributed by atoms with Crippen LogP contribution in [0.4, 0.5) is 0 Å². The lowest BCUT2D eigenvalue weighted by Gasteiger charge is -2.29. The number of hydrogen-bond donors (Lipinski definition) is 1. The fraction of sp³-hybridized carbons (Fsp3) is 0.417. The number of carbonyl (C=O) groups is 2. The number of ether oxygens (including phenoxy) is 1. The molecule has 2 aromatic carbocycles. The highest BCUT2D eigenvalue weighted by atomic mass is 35.5. The quantitative estimate of drug-likeness (QED) is 0.386. The van der Waals surface area contributed by atoms with Gasteiger partial charge in [0.15, 0.2) is 0 Å². The zero-order valence-electron chi connectivity index (χ0n) is 18.5. The summed E-state index contributed by atoms with van der Waals surface area (Å²) >= 11 is 18.2. The molecule has 0 bridgehead atoms. The van der Waals surface area contributed by atoms with E-state index >= 15 is 0 Å². The average molecular weight is 500 g/mol. The Morgan fingerprint density at radius 1 is 1.00 bits per heavy atom. The maximum Gasteiger partial charge on any atom is 0.242 e. The number of halogens is 3. The predicted octanol–water partition coefficient (Wildman–Crippen LogP) is 6.00. The van der Waals surface area contributed by atoms with Crippen molar-refractivity contribution in [1.82, 2.24) is 10.2 Å². The van der Waals surface area contributed by atoms with Gasteiger partial charge < -0.3 is 15.0 Å². The first-order valence-electron chi connectivity index (χ1n) is 10.6. The van der Waals surface area contributed by atoms with Crippen molar-refractivity contribution in [2.75, 3.05) is 13.2 Å². The molecule has 0 aliphatic rings. The van der Waals surface area contributed by atoms with Crippen molar-refractivity contribution in [2.45, 2.75) is 46.2 Å². The lowest BCUT2D eigenvalue weighted by molar-refractivity contribution is -0.140. The third kappa shape index (κ3) is 8.53. The Labute approximate surface area is 205 Å². The van der Waals surface area contributed by atoms with E-state index in [0.29, 0.717) is 46.3 Å². The number of amides is 2. The first kappa shape index (κ1) is 26.3. The first-order valence-corrected chi connectivity index (χ1v) is 11.7. The number of benzene rings is 2. The van der Waals surface area contributed by atoms with Crippen LogP contribution in [0.25, 0.3) is 0 Å². The van der Waals surface area contributed by atoms with E-state index in [1.165, 1.54) is 0 Å². The van der Waals surface area contributed by atoms with E-state index in [0.717, 1.165) is 5.56 Å². The fourth-order valence-electron chi connectivity index (χ4n) is 2.96. The molecule has 0 saturated carbocycles. The minimum atomic E-state index is -0.648. The van der Waals surface area contributed by atoms with Gasteiger partial charge in [0.25, 0.3) is 0 Å². The molecule has 0 aromatic heterocycles. The Balaban J connectivity index is 2.03. The van der Waals surface area contributed by atoms with E-state index in [9.17, 15) is 9.59 Å². The molecule has 0 radical (unpaired) electrons. The van der Waals surface area contributed by atoms with Gasteiger partial charge in [0.1, 0.15) is 11.8 Å². The number of rotatable bonds is 11. The summed E-state index contributed by atoms with van der Waals surface area (Å²) in [6, 6.07) is 11.5. The Kier molecular flexibility index (Phi) is 10.6. The van der Waals surface area contributed by atoms with E-state index in [4.69, 9.17) is 39.5 Å². The molecule has 174 valence electrons. The molecular formula is C24H29Cl3N2O3. The molecule has 0 aliphatic carbocycles. The molecule has 0 spiro atoms. The highest BCUT2D eigenvalue weighted by Gasteiger charge is 2.26. The van der Waals surface area contributed by atoms with Crippen molar-refractivity contribution in [2.24, 2.45) is 5.92 Å². The molecule has 2 aromatic rings. The molecule has 0 saturated heterocycles. The van der Waals surface area contributed by atoms with Gasteiger partial charge >= 0.3 is 0 Å². The summed E-state index contributed by atoms with van der Waals surface area (Å²) < 4.78 is 5.67. The molecule has 0 aliphatic heterocycles. The predicted molar refractivity (Wildman–Crippen MR) is 131 cm³/mol. The van der Waals surface area contributed by atoms with Crippen LogP contribution < -0.4 is 10.1 Å². The molecule has 2 rings (SSSR count). The van der Waals surface area contributed by atoms with Crippen molar-refractivity contribution in [3.63, 3.8) is 0 Å². The largest absolute Gasteiger partial charge is 0.494 e. The molecule has 32 heavy (non-hydrogen) atoms. The second kappa shape index (κ2) is 12.9. The maximum atomic E-state index is 13.1. The number of nitrogens with one attached hydrogen (secondary N) is 1. The van der Waals surface area contributed by atoms with E-state index < -0.39 is 6.04 Å². The summed E-state index contributed by atoms with van der Waals surface area (Å²) in [4.78, 5) is 27.3. The van der Waals surface area contributed by atoms with Gasteiger partial charge in [0.05, 0.1) is 6.61 Å². The standard InChI is InChI=1S/C24H29Cl3N2O3/c1-16(2)14-28-24(31)17(3)29(15-18-6-7-20(26)13-22(18)27)23(30)5-4-12-32-21-10-8-19(25)9-11-21/h6-11,13,16-17H,4-5,12,14-15H2,1-3H3,(H,28,31).